The van der Waals surface area contributed by atoms with Crippen LogP contribution < -0.4 is 11.5 Å². The average molecular weight is 202 g/mol. The molecule has 1 fully saturated rings. The van der Waals surface area contributed by atoms with Gasteiger partial charge in [0, 0.05) is 17.8 Å². The minimum absolute atomic E-state index is 0.0533. The molecule has 0 aliphatic heterocycles. The van der Waals surface area contributed by atoms with Crippen LogP contribution >= 0.6 is 0 Å². The highest BCUT2D eigenvalue weighted by molar-refractivity contribution is 4.99. The van der Waals surface area contributed by atoms with Crippen LogP contribution in [0.2, 0.25) is 0 Å². The molecule has 4 atom stereocenters. The SMILES string of the molecule is CC(C)C1[C@@H](O)[C@H](CN)[C@@H](CN)[C@@H]1O. The third-order valence-corrected chi connectivity index (χ3v) is 3.53. The first-order chi connectivity index (χ1) is 6.54. The quantitative estimate of drug-likeness (QED) is 0.479. The Balaban J connectivity index is 2.82. The Morgan fingerprint density at radius 3 is 1.57 bits per heavy atom. The highest BCUT2D eigenvalue weighted by atomic mass is 16.3. The monoisotopic (exact) mass is 202 g/mol. The van der Waals surface area contributed by atoms with Crippen molar-refractivity contribution in [2.24, 2.45) is 35.1 Å². The molecule has 0 bridgehead atoms. The highest BCUT2D eigenvalue weighted by Gasteiger charge is 2.48. The van der Waals surface area contributed by atoms with E-state index in [1.165, 1.54) is 0 Å². The van der Waals surface area contributed by atoms with Gasteiger partial charge in [0.1, 0.15) is 0 Å². The van der Waals surface area contributed by atoms with Crippen molar-refractivity contribution in [3.8, 4) is 0 Å². The second-order valence-corrected chi connectivity index (χ2v) is 4.60. The van der Waals surface area contributed by atoms with Gasteiger partial charge in [0.15, 0.2) is 0 Å². The molecule has 4 nitrogen and oxygen atoms in total. The number of aliphatic hydroxyl groups is 2. The first-order valence-electron chi connectivity index (χ1n) is 5.30. The number of nitrogens with two attached hydrogens (primary N) is 2. The summed E-state index contributed by atoms with van der Waals surface area (Å²) < 4.78 is 0. The van der Waals surface area contributed by atoms with Gasteiger partial charge >= 0.3 is 0 Å². The number of hydrogen-bond acceptors (Lipinski definition) is 4. The summed E-state index contributed by atoms with van der Waals surface area (Å²) in [4.78, 5) is 0. The second-order valence-electron chi connectivity index (χ2n) is 4.60. The van der Waals surface area contributed by atoms with E-state index in [4.69, 9.17) is 11.5 Å². The molecule has 84 valence electrons. The molecule has 0 aromatic rings. The first kappa shape index (κ1) is 11.9. The zero-order chi connectivity index (χ0) is 10.9. The van der Waals surface area contributed by atoms with Gasteiger partial charge in [-0.05, 0) is 19.0 Å². The van der Waals surface area contributed by atoms with Gasteiger partial charge in [-0.2, -0.15) is 0 Å². The molecule has 0 unspecified atom stereocenters. The Morgan fingerprint density at radius 2 is 1.36 bits per heavy atom. The molecule has 0 heterocycles. The number of hydrogen-bond donors (Lipinski definition) is 4. The molecule has 0 saturated heterocycles. The minimum Gasteiger partial charge on any atom is -0.392 e. The predicted octanol–water partition coefficient (Wildman–Crippen LogP) is -0.856. The van der Waals surface area contributed by atoms with Gasteiger partial charge in [0.25, 0.3) is 0 Å². The van der Waals surface area contributed by atoms with E-state index >= 15 is 0 Å². The molecule has 0 amide bonds. The first-order valence-corrected chi connectivity index (χ1v) is 5.30. The maximum Gasteiger partial charge on any atom is 0.0639 e. The van der Waals surface area contributed by atoms with E-state index < -0.39 is 12.2 Å². The van der Waals surface area contributed by atoms with Gasteiger partial charge < -0.3 is 21.7 Å². The largest absolute Gasteiger partial charge is 0.392 e. The molecular formula is C10H22N2O2. The number of aliphatic hydroxyl groups excluding tert-OH is 2. The van der Waals surface area contributed by atoms with E-state index in [0.717, 1.165) is 0 Å². The summed E-state index contributed by atoms with van der Waals surface area (Å²) in [7, 11) is 0. The van der Waals surface area contributed by atoms with Crippen molar-refractivity contribution in [3.05, 3.63) is 0 Å². The third-order valence-electron chi connectivity index (χ3n) is 3.53. The Bertz CT molecular complexity index is 171. The summed E-state index contributed by atoms with van der Waals surface area (Å²) >= 11 is 0. The molecule has 14 heavy (non-hydrogen) atoms. The topological polar surface area (TPSA) is 92.5 Å². The lowest BCUT2D eigenvalue weighted by atomic mass is 9.89. The van der Waals surface area contributed by atoms with Crippen molar-refractivity contribution < 1.29 is 10.2 Å². The fourth-order valence-electron chi connectivity index (χ4n) is 2.70. The normalized spacial score (nSPS) is 39.6. The smallest absolute Gasteiger partial charge is 0.0639 e. The van der Waals surface area contributed by atoms with Gasteiger partial charge in [-0.3, -0.25) is 0 Å². The summed E-state index contributed by atoms with van der Waals surface area (Å²) in [5, 5.41) is 20.0. The lowest BCUT2D eigenvalue weighted by Crippen LogP contribution is -2.34. The van der Waals surface area contributed by atoms with E-state index in [1.807, 2.05) is 13.8 Å². The van der Waals surface area contributed by atoms with Gasteiger partial charge in [-0.15, -0.1) is 0 Å². The van der Waals surface area contributed by atoms with Crippen molar-refractivity contribution in [1.82, 2.24) is 0 Å². The molecule has 0 aromatic heterocycles. The van der Waals surface area contributed by atoms with Crippen molar-refractivity contribution in [3.63, 3.8) is 0 Å². The van der Waals surface area contributed by atoms with Crippen LogP contribution in [-0.4, -0.2) is 35.5 Å². The number of rotatable bonds is 3. The molecule has 0 radical (unpaired) electrons. The van der Waals surface area contributed by atoms with Crippen LogP contribution in [0.1, 0.15) is 13.8 Å². The molecule has 1 saturated carbocycles. The van der Waals surface area contributed by atoms with Crippen molar-refractivity contribution in [2.45, 2.75) is 26.1 Å². The Kier molecular flexibility index (Phi) is 3.89. The van der Waals surface area contributed by atoms with Crippen LogP contribution in [0.3, 0.4) is 0 Å². The molecule has 1 aliphatic carbocycles. The van der Waals surface area contributed by atoms with Crippen LogP contribution in [0.25, 0.3) is 0 Å². The summed E-state index contributed by atoms with van der Waals surface area (Å²) in [5.41, 5.74) is 11.2. The lowest BCUT2D eigenvalue weighted by molar-refractivity contribution is 0.0252. The Morgan fingerprint density at radius 1 is 1.00 bits per heavy atom. The van der Waals surface area contributed by atoms with Crippen LogP contribution in [0, 0.1) is 23.7 Å². The molecule has 0 aromatic carbocycles. The summed E-state index contributed by atoms with van der Waals surface area (Å²) in [6.45, 7) is 4.79. The van der Waals surface area contributed by atoms with Crippen LogP contribution in [0.5, 0.6) is 0 Å². The van der Waals surface area contributed by atoms with E-state index in [1.54, 1.807) is 0 Å². The van der Waals surface area contributed by atoms with Gasteiger partial charge in [0.2, 0.25) is 0 Å². The van der Waals surface area contributed by atoms with Crippen LogP contribution in [-0.2, 0) is 0 Å². The minimum atomic E-state index is -0.511. The summed E-state index contributed by atoms with van der Waals surface area (Å²) in [6, 6.07) is 0. The van der Waals surface area contributed by atoms with Crippen LogP contribution in [0.4, 0.5) is 0 Å². The zero-order valence-electron chi connectivity index (χ0n) is 8.93. The molecule has 1 aliphatic rings. The van der Waals surface area contributed by atoms with E-state index in [9.17, 15) is 10.2 Å². The van der Waals surface area contributed by atoms with E-state index in [2.05, 4.69) is 0 Å². The molecular weight excluding hydrogens is 180 g/mol. The maximum atomic E-state index is 10.00. The Labute approximate surface area is 85.3 Å². The van der Waals surface area contributed by atoms with E-state index in [0.29, 0.717) is 13.1 Å². The van der Waals surface area contributed by atoms with Crippen molar-refractivity contribution in [2.75, 3.05) is 13.1 Å². The standard InChI is InChI=1S/C10H22N2O2/c1-5(2)8-9(13)6(3-11)7(4-12)10(8)14/h5-10,13-14H,3-4,11-12H2,1-2H3/t6-,7-,9+,10+/m1/s1. The van der Waals surface area contributed by atoms with Gasteiger partial charge in [-0.25, -0.2) is 0 Å². The second kappa shape index (κ2) is 4.57. The fraction of sp³-hybridized carbons (Fsp3) is 1.00. The van der Waals surface area contributed by atoms with Crippen LogP contribution in [0.15, 0.2) is 0 Å². The fourth-order valence-corrected chi connectivity index (χ4v) is 2.70. The van der Waals surface area contributed by atoms with Crippen molar-refractivity contribution >= 4 is 0 Å². The van der Waals surface area contributed by atoms with Crippen molar-refractivity contribution in [1.29, 1.82) is 0 Å². The van der Waals surface area contributed by atoms with Gasteiger partial charge in [0.05, 0.1) is 12.2 Å². The summed E-state index contributed by atoms with van der Waals surface area (Å²) in [6.07, 6.45) is -1.02. The third kappa shape index (κ3) is 1.80. The molecule has 0 spiro atoms. The highest BCUT2D eigenvalue weighted by Crippen LogP contribution is 2.39. The van der Waals surface area contributed by atoms with Gasteiger partial charge in [-0.1, -0.05) is 13.8 Å². The lowest BCUT2D eigenvalue weighted by Gasteiger charge is -2.23. The van der Waals surface area contributed by atoms with E-state index in [-0.39, 0.29) is 23.7 Å². The molecule has 6 N–H and O–H groups in total. The maximum absolute atomic E-state index is 10.00. The zero-order valence-corrected chi connectivity index (χ0v) is 8.93. The molecule has 1 rings (SSSR count). The summed E-state index contributed by atoms with van der Waals surface area (Å²) in [5.74, 6) is 0.0625. The average Bonchev–Trinajstić information content (AvgIpc) is 2.36. The predicted molar refractivity (Wildman–Crippen MR) is 55.4 cm³/mol. The Hall–Kier alpha value is -0.160. The molecule has 4 heteroatoms.